The van der Waals surface area contributed by atoms with E-state index in [1.54, 1.807) is 0 Å². The summed E-state index contributed by atoms with van der Waals surface area (Å²) < 4.78 is 5.50. The van der Waals surface area contributed by atoms with Crippen LogP contribution in [0.2, 0.25) is 0 Å². The van der Waals surface area contributed by atoms with E-state index in [2.05, 4.69) is 52.9 Å². The van der Waals surface area contributed by atoms with Gasteiger partial charge >= 0.3 is 0 Å². The summed E-state index contributed by atoms with van der Waals surface area (Å²) in [5.41, 5.74) is 3.36. The highest BCUT2D eigenvalue weighted by Gasteiger charge is 2.20. The lowest BCUT2D eigenvalue weighted by Crippen LogP contribution is -2.22. The number of rotatable bonds is 1. The molecule has 0 amide bonds. The fourth-order valence-corrected chi connectivity index (χ4v) is 2.78. The summed E-state index contributed by atoms with van der Waals surface area (Å²) in [5, 5.41) is 10.2. The first-order chi connectivity index (χ1) is 9.43. The third-order valence-corrected chi connectivity index (χ3v) is 3.74. The van der Waals surface area contributed by atoms with Crippen LogP contribution in [0.3, 0.4) is 0 Å². The van der Waals surface area contributed by atoms with Gasteiger partial charge in [0.1, 0.15) is 11.5 Å². The Hall–Kier alpha value is -2.13. The van der Waals surface area contributed by atoms with Crippen molar-refractivity contribution in [1.82, 2.24) is 10.5 Å². The molecule has 0 bridgehead atoms. The minimum Gasteiger partial charge on any atom is -0.360 e. The highest BCUT2D eigenvalue weighted by molar-refractivity contribution is 5.96. The molecule has 2 heterocycles. The second-order valence-electron chi connectivity index (χ2n) is 4.89. The Morgan fingerprint density at radius 3 is 2.95 bits per heavy atom. The van der Waals surface area contributed by atoms with Crippen molar-refractivity contribution in [3.05, 3.63) is 53.8 Å². The molecular weight excluding hydrogens is 236 g/mol. The fourth-order valence-electron chi connectivity index (χ4n) is 2.78. The van der Waals surface area contributed by atoms with Gasteiger partial charge in [-0.2, -0.15) is 0 Å². The standard InChI is InChI=1S/C16H14N2O/c1-2-6-12-11(4-1)5-3-7-13(12)16-14-10-17-9-8-15(14)19-18-16/h1-7,17H,8-10H2. The van der Waals surface area contributed by atoms with Crippen molar-refractivity contribution in [2.75, 3.05) is 6.54 Å². The van der Waals surface area contributed by atoms with Crippen LogP contribution in [0.5, 0.6) is 0 Å². The number of fused-ring (bicyclic) bond motifs is 2. The Morgan fingerprint density at radius 1 is 1.05 bits per heavy atom. The van der Waals surface area contributed by atoms with Gasteiger partial charge in [-0.05, 0) is 10.8 Å². The summed E-state index contributed by atoms with van der Waals surface area (Å²) in [6, 6.07) is 14.7. The van der Waals surface area contributed by atoms with Crippen molar-refractivity contribution in [3.63, 3.8) is 0 Å². The molecule has 2 aromatic carbocycles. The van der Waals surface area contributed by atoms with E-state index in [0.29, 0.717) is 0 Å². The molecule has 0 unspecified atom stereocenters. The molecule has 4 rings (SSSR count). The maximum atomic E-state index is 5.50. The summed E-state index contributed by atoms with van der Waals surface area (Å²) in [4.78, 5) is 0. The Labute approximate surface area is 111 Å². The third-order valence-electron chi connectivity index (χ3n) is 3.74. The topological polar surface area (TPSA) is 38.1 Å². The molecule has 19 heavy (non-hydrogen) atoms. The van der Waals surface area contributed by atoms with Crippen LogP contribution in [0, 0.1) is 0 Å². The van der Waals surface area contributed by atoms with E-state index in [1.807, 2.05) is 0 Å². The van der Waals surface area contributed by atoms with Gasteiger partial charge in [-0.3, -0.25) is 0 Å². The van der Waals surface area contributed by atoms with E-state index in [-0.39, 0.29) is 0 Å². The van der Waals surface area contributed by atoms with Crippen LogP contribution in [0.4, 0.5) is 0 Å². The monoisotopic (exact) mass is 250 g/mol. The lowest BCUT2D eigenvalue weighted by Gasteiger charge is -2.12. The quantitative estimate of drug-likeness (QED) is 0.721. The van der Waals surface area contributed by atoms with Crippen molar-refractivity contribution in [1.29, 1.82) is 0 Å². The fraction of sp³-hybridized carbons (Fsp3) is 0.188. The average molecular weight is 250 g/mol. The minimum atomic E-state index is 0.845. The summed E-state index contributed by atoms with van der Waals surface area (Å²) >= 11 is 0. The predicted molar refractivity (Wildman–Crippen MR) is 74.9 cm³/mol. The highest BCUT2D eigenvalue weighted by atomic mass is 16.5. The van der Waals surface area contributed by atoms with Crippen molar-refractivity contribution in [2.24, 2.45) is 0 Å². The van der Waals surface area contributed by atoms with Crippen LogP contribution >= 0.6 is 0 Å². The molecule has 3 aromatic rings. The van der Waals surface area contributed by atoms with Crippen molar-refractivity contribution in [2.45, 2.75) is 13.0 Å². The van der Waals surface area contributed by atoms with E-state index in [0.717, 1.165) is 36.5 Å². The number of nitrogens with one attached hydrogen (secondary N) is 1. The summed E-state index contributed by atoms with van der Waals surface area (Å²) in [6.45, 7) is 1.81. The zero-order chi connectivity index (χ0) is 12.7. The molecule has 1 aliphatic heterocycles. The molecule has 94 valence electrons. The molecule has 0 atom stereocenters. The first-order valence-corrected chi connectivity index (χ1v) is 6.60. The SMILES string of the molecule is c1ccc2c(-c3noc4c3CNCC4)cccc2c1. The summed E-state index contributed by atoms with van der Waals surface area (Å²) in [5.74, 6) is 1.03. The molecule has 0 radical (unpaired) electrons. The molecule has 0 fully saturated rings. The largest absolute Gasteiger partial charge is 0.360 e. The van der Waals surface area contributed by atoms with Gasteiger partial charge in [0.05, 0.1) is 0 Å². The van der Waals surface area contributed by atoms with Crippen LogP contribution < -0.4 is 5.32 Å². The van der Waals surface area contributed by atoms with Crippen LogP contribution in [0.25, 0.3) is 22.0 Å². The smallest absolute Gasteiger partial charge is 0.143 e. The zero-order valence-electron chi connectivity index (χ0n) is 10.5. The maximum Gasteiger partial charge on any atom is 0.143 e. The van der Waals surface area contributed by atoms with Gasteiger partial charge in [-0.1, -0.05) is 47.6 Å². The number of nitrogens with zero attached hydrogens (tertiary/aromatic N) is 1. The lowest BCUT2D eigenvalue weighted by molar-refractivity contribution is 0.374. The van der Waals surface area contributed by atoms with Crippen molar-refractivity contribution < 1.29 is 4.52 Å². The highest BCUT2D eigenvalue weighted by Crippen LogP contribution is 2.32. The molecular formula is C16H14N2O. The number of hydrogen-bond donors (Lipinski definition) is 1. The Bertz CT molecular complexity index is 740. The first-order valence-electron chi connectivity index (χ1n) is 6.60. The second-order valence-corrected chi connectivity index (χ2v) is 4.89. The third kappa shape index (κ3) is 1.66. The van der Waals surface area contributed by atoms with Crippen LogP contribution in [-0.4, -0.2) is 11.7 Å². The Morgan fingerprint density at radius 2 is 1.95 bits per heavy atom. The van der Waals surface area contributed by atoms with Gasteiger partial charge in [0.25, 0.3) is 0 Å². The predicted octanol–water partition coefficient (Wildman–Crippen LogP) is 3.14. The Balaban J connectivity index is 1.98. The average Bonchev–Trinajstić information content (AvgIpc) is 2.90. The van der Waals surface area contributed by atoms with Gasteiger partial charge < -0.3 is 9.84 Å². The zero-order valence-corrected chi connectivity index (χ0v) is 10.5. The normalized spacial score (nSPS) is 14.5. The lowest BCUT2D eigenvalue weighted by atomic mass is 9.97. The van der Waals surface area contributed by atoms with E-state index >= 15 is 0 Å². The number of hydrogen-bond acceptors (Lipinski definition) is 3. The van der Waals surface area contributed by atoms with Gasteiger partial charge in [0.2, 0.25) is 0 Å². The minimum absolute atomic E-state index is 0.845. The molecule has 0 aliphatic carbocycles. The van der Waals surface area contributed by atoms with Crippen LogP contribution in [0.15, 0.2) is 47.0 Å². The van der Waals surface area contributed by atoms with Gasteiger partial charge in [0, 0.05) is 30.6 Å². The Kier molecular flexibility index (Phi) is 2.38. The van der Waals surface area contributed by atoms with Crippen molar-refractivity contribution in [3.8, 4) is 11.3 Å². The number of benzene rings is 2. The molecule has 1 N–H and O–H groups in total. The van der Waals surface area contributed by atoms with Crippen LogP contribution in [-0.2, 0) is 13.0 Å². The molecule has 0 saturated heterocycles. The molecule has 1 aliphatic rings. The van der Waals surface area contributed by atoms with E-state index in [4.69, 9.17) is 4.52 Å². The van der Waals surface area contributed by atoms with Crippen LogP contribution in [0.1, 0.15) is 11.3 Å². The summed E-state index contributed by atoms with van der Waals surface area (Å²) in [7, 11) is 0. The van der Waals surface area contributed by atoms with E-state index in [9.17, 15) is 0 Å². The molecule has 1 aromatic heterocycles. The van der Waals surface area contributed by atoms with Crippen molar-refractivity contribution >= 4 is 10.8 Å². The molecule has 3 nitrogen and oxygen atoms in total. The van der Waals surface area contributed by atoms with E-state index in [1.165, 1.54) is 16.3 Å². The van der Waals surface area contributed by atoms with Gasteiger partial charge in [-0.25, -0.2) is 0 Å². The van der Waals surface area contributed by atoms with Gasteiger partial charge in [0.15, 0.2) is 0 Å². The second kappa shape index (κ2) is 4.21. The molecule has 0 saturated carbocycles. The molecule has 3 heteroatoms. The maximum absolute atomic E-state index is 5.50. The number of aromatic nitrogens is 1. The molecule has 0 spiro atoms. The summed E-state index contributed by atoms with van der Waals surface area (Å²) in [6.07, 6.45) is 0.924. The van der Waals surface area contributed by atoms with E-state index < -0.39 is 0 Å². The first kappa shape index (κ1) is 10.8. The van der Waals surface area contributed by atoms with Gasteiger partial charge in [-0.15, -0.1) is 0 Å².